The molecular formula is C20H12Cl2N4O3. The number of nitrogens with zero attached hydrogens (tertiary/aromatic N) is 2. The number of rotatable bonds is 2. The molecule has 1 atom stereocenters. The molecule has 3 N–H and O–H groups in total. The van der Waals surface area contributed by atoms with E-state index in [4.69, 9.17) is 43.1 Å². The van der Waals surface area contributed by atoms with E-state index >= 15 is 0 Å². The van der Waals surface area contributed by atoms with Gasteiger partial charge in [0.2, 0.25) is 18.6 Å². The van der Waals surface area contributed by atoms with Gasteiger partial charge in [0.1, 0.15) is 11.6 Å². The maximum absolute atomic E-state index is 9.79. The summed E-state index contributed by atoms with van der Waals surface area (Å²) in [6, 6.07) is 12.9. The van der Waals surface area contributed by atoms with Gasteiger partial charge in [0, 0.05) is 5.56 Å². The van der Waals surface area contributed by atoms with Crippen molar-refractivity contribution in [2.45, 2.75) is 5.92 Å². The van der Waals surface area contributed by atoms with E-state index in [-0.39, 0.29) is 24.1 Å². The van der Waals surface area contributed by atoms with Crippen molar-refractivity contribution in [2.24, 2.45) is 5.73 Å². The highest BCUT2D eigenvalue weighted by atomic mass is 35.5. The first-order chi connectivity index (χ1) is 14.1. The Morgan fingerprint density at radius 3 is 2.83 bits per heavy atom. The molecule has 144 valence electrons. The molecule has 0 bridgehead atoms. The summed E-state index contributed by atoms with van der Waals surface area (Å²) >= 11 is 12.7. The summed E-state index contributed by atoms with van der Waals surface area (Å²) in [5, 5.41) is 17.7. The first-order valence-corrected chi connectivity index (χ1v) is 9.34. The lowest BCUT2D eigenvalue weighted by molar-refractivity contribution is 0.174. The van der Waals surface area contributed by atoms with E-state index in [1.165, 1.54) is 0 Å². The van der Waals surface area contributed by atoms with Gasteiger partial charge in [0.05, 0.1) is 27.2 Å². The van der Waals surface area contributed by atoms with Gasteiger partial charge in [0.25, 0.3) is 0 Å². The average molecular weight is 427 g/mol. The monoisotopic (exact) mass is 426 g/mol. The lowest BCUT2D eigenvalue weighted by Crippen LogP contribution is -2.21. The second-order valence-corrected chi connectivity index (χ2v) is 7.24. The molecule has 0 amide bonds. The predicted molar refractivity (Wildman–Crippen MR) is 106 cm³/mol. The van der Waals surface area contributed by atoms with Crippen molar-refractivity contribution < 1.29 is 14.2 Å². The number of ether oxygens (including phenoxy) is 3. The molecule has 1 aromatic heterocycles. The van der Waals surface area contributed by atoms with Gasteiger partial charge >= 0.3 is 0 Å². The molecule has 3 aromatic rings. The van der Waals surface area contributed by atoms with E-state index in [0.717, 1.165) is 5.56 Å². The van der Waals surface area contributed by atoms with Gasteiger partial charge in [0.15, 0.2) is 11.5 Å². The molecule has 29 heavy (non-hydrogen) atoms. The highest BCUT2D eigenvalue weighted by Crippen LogP contribution is 2.49. The maximum atomic E-state index is 9.79. The third-order valence-corrected chi connectivity index (χ3v) is 5.73. The summed E-state index contributed by atoms with van der Waals surface area (Å²) in [5.41, 5.74) is 8.94. The van der Waals surface area contributed by atoms with E-state index in [1.54, 1.807) is 18.2 Å². The molecule has 0 spiro atoms. The van der Waals surface area contributed by atoms with Crippen molar-refractivity contribution in [1.82, 2.24) is 10.2 Å². The van der Waals surface area contributed by atoms with E-state index in [1.807, 2.05) is 18.2 Å². The third kappa shape index (κ3) is 2.69. The second kappa shape index (κ2) is 6.62. The topological polar surface area (TPSA) is 106 Å². The van der Waals surface area contributed by atoms with E-state index in [0.29, 0.717) is 38.4 Å². The summed E-state index contributed by atoms with van der Waals surface area (Å²) < 4.78 is 16.5. The largest absolute Gasteiger partial charge is 0.454 e. The van der Waals surface area contributed by atoms with Crippen LogP contribution in [0.15, 0.2) is 47.9 Å². The van der Waals surface area contributed by atoms with Crippen LogP contribution < -0.4 is 19.9 Å². The molecule has 0 aliphatic carbocycles. The van der Waals surface area contributed by atoms with Gasteiger partial charge < -0.3 is 19.9 Å². The fourth-order valence-corrected chi connectivity index (χ4v) is 3.99. The minimum absolute atomic E-state index is 0.0234. The highest BCUT2D eigenvalue weighted by Gasteiger charge is 2.37. The molecule has 0 fully saturated rings. The van der Waals surface area contributed by atoms with Crippen LogP contribution >= 0.6 is 23.2 Å². The number of nitrogens with two attached hydrogens (primary N) is 1. The van der Waals surface area contributed by atoms with Crippen LogP contribution in [0, 0.1) is 11.3 Å². The van der Waals surface area contributed by atoms with E-state index < -0.39 is 5.92 Å². The fraction of sp³-hybridized carbons (Fsp3) is 0.100. The van der Waals surface area contributed by atoms with Crippen LogP contribution in [0.5, 0.6) is 17.4 Å². The SMILES string of the molecule is N#CC1=C(N)Oc2n[nH]c(-c3ccc4c(c3)OCO4)c2C1c1cccc(Cl)c1Cl. The Hall–Kier alpha value is -3.34. The van der Waals surface area contributed by atoms with Crippen molar-refractivity contribution >= 4 is 23.2 Å². The standard InChI is InChI=1S/C20H12Cl2N4O3/c21-12-3-1-2-10(17(12)22)15-11(7-23)19(24)29-20-16(15)18(25-26-20)9-4-5-13-14(6-9)28-8-27-13/h1-6,15H,8,24H2,(H,25,26). The van der Waals surface area contributed by atoms with Gasteiger partial charge in [-0.3, -0.25) is 5.10 Å². The molecule has 9 heteroatoms. The molecule has 7 nitrogen and oxygen atoms in total. The molecule has 2 aliphatic rings. The third-order valence-electron chi connectivity index (χ3n) is 4.89. The summed E-state index contributed by atoms with van der Waals surface area (Å²) in [6.07, 6.45) is 0. The number of hydrogen-bond donors (Lipinski definition) is 2. The first-order valence-electron chi connectivity index (χ1n) is 8.58. The highest BCUT2D eigenvalue weighted by molar-refractivity contribution is 6.42. The number of benzene rings is 2. The number of aromatic nitrogens is 2. The summed E-state index contributed by atoms with van der Waals surface area (Å²) in [5.74, 6) is 0.930. The quantitative estimate of drug-likeness (QED) is 0.631. The van der Waals surface area contributed by atoms with Crippen LogP contribution in [0.4, 0.5) is 0 Å². The van der Waals surface area contributed by atoms with Crippen molar-refractivity contribution in [2.75, 3.05) is 6.79 Å². The van der Waals surface area contributed by atoms with Crippen LogP contribution in [-0.2, 0) is 0 Å². The smallest absolute Gasteiger partial charge is 0.244 e. The van der Waals surface area contributed by atoms with Crippen molar-refractivity contribution in [3.8, 4) is 34.7 Å². The van der Waals surface area contributed by atoms with Crippen molar-refractivity contribution in [1.29, 1.82) is 5.26 Å². The van der Waals surface area contributed by atoms with Gasteiger partial charge in [-0.2, -0.15) is 5.26 Å². The van der Waals surface area contributed by atoms with E-state index in [2.05, 4.69) is 16.3 Å². The Bertz CT molecular complexity index is 1230. The molecule has 5 rings (SSSR count). The Balaban J connectivity index is 1.74. The molecular weight excluding hydrogens is 415 g/mol. The van der Waals surface area contributed by atoms with Crippen LogP contribution in [-0.4, -0.2) is 17.0 Å². The normalized spacial score (nSPS) is 16.9. The number of allylic oxidation sites excluding steroid dienone is 1. The first kappa shape index (κ1) is 17.7. The predicted octanol–water partition coefficient (Wildman–Crippen LogP) is 4.33. The minimum atomic E-state index is -0.603. The zero-order valence-corrected chi connectivity index (χ0v) is 16.2. The van der Waals surface area contributed by atoms with Crippen LogP contribution in [0.1, 0.15) is 17.0 Å². The number of hydrogen-bond acceptors (Lipinski definition) is 6. The fourth-order valence-electron chi connectivity index (χ4n) is 3.57. The lowest BCUT2D eigenvalue weighted by Gasteiger charge is -2.25. The number of nitrogens with one attached hydrogen (secondary N) is 1. The lowest BCUT2D eigenvalue weighted by atomic mass is 9.83. The van der Waals surface area contributed by atoms with Crippen LogP contribution in [0.2, 0.25) is 10.0 Å². The van der Waals surface area contributed by atoms with Gasteiger partial charge in [-0.25, -0.2) is 0 Å². The molecule has 1 unspecified atom stereocenters. The summed E-state index contributed by atoms with van der Waals surface area (Å²) in [4.78, 5) is 0. The second-order valence-electron chi connectivity index (χ2n) is 6.45. The van der Waals surface area contributed by atoms with Crippen LogP contribution in [0.25, 0.3) is 11.3 Å². The molecule has 0 saturated carbocycles. The Labute approximate surface area is 175 Å². The summed E-state index contributed by atoms with van der Waals surface area (Å²) in [6.45, 7) is 0.168. The number of fused-ring (bicyclic) bond motifs is 2. The number of H-pyrrole nitrogens is 1. The zero-order valence-electron chi connectivity index (χ0n) is 14.7. The molecule has 2 aromatic carbocycles. The number of aromatic amines is 1. The van der Waals surface area contributed by atoms with Crippen molar-refractivity contribution in [3.63, 3.8) is 0 Å². The number of halogens is 2. The van der Waals surface area contributed by atoms with E-state index in [9.17, 15) is 5.26 Å². The van der Waals surface area contributed by atoms with Crippen molar-refractivity contribution in [3.05, 3.63) is 69.0 Å². The molecule has 0 saturated heterocycles. The van der Waals surface area contributed by atoms with Gasteiger partial charge in [-0.15, -0.1) is 5.10 Å². The Morgan fingerprint density at radius 1 is 1.17 bits per heavy atom. The van der Waals surface area contributed by atoms with Crippen LogP contribution in [0.3, 0.4) is 0 Å². The maximum Gasteiger partial charge on any atom is 0.244 e. The molecule has 3 heterocycles. The molecule has 0 radical (unpaired) electrons. The Morgan fingerprint density at radius 2 is 2.00 bits per heavy atom. The minimum Gasteiger partial charge on any atom is -0.454 e. The summed E-state index contributed by atoms with van der Waals surface area (Å²) in [7, 11) is 0. The Kier molecular flexibility index (Phi) is 4.05. The van der Waals surface area contributed by atoms with Gasteiger partial charge in [-0.05, 0) is 29.8 Å². The molecule has 2 aliphatic heterocycles. The zero-order chi connectivity index (χ0) is 20.1. The number of nitriles is 1. The average Bonchev–Trinajstić information content (AvgIpc) is 3.35. The van der Waals surface area contributed by atoms with Gasteiger partial charge in [-0.1, -0.05) is 35.3 Å².